The Bertz CT molecular complexity index is 710. The zero-order chi connectivity index (χ0) is 14.3. The maximum absolute atomic E-state index is 12.2. The minimum absolute atomic E-state index is 0.176. The van der Waals surface area contributed by atoms with Gasteiger partial charge in [0.15, 0.2) is 4.90 Å². The van der Waals surface area contributed by atoms with Gasteiger partial charge in [0.2, 0.25) is 10.0 Å². The van der Waals surface area contributed by atoms with Crippen LogP contribution in [-0.2, 0) is 10.0 Å². The van der Waals surface area contributed by atoms with Gasteiger partial charge in [-0.05, 0) is 25.7 Å². The van der Waals surface area contributed by atoms with Crippen LogP contribution in [0.5, 0.6) is 0 Å². The molecule has 3 rings (SSSR count). The second kappa shape index (κ2) is 4.83. The Hall–Kier alpha value is -1.45. The first-order valence-corrected chi connectivity index (χ1v) is 8.03. The summed E-state index contributed by atoms with van der Waals surface area (Å²) >= 11 is 0. The number of aromatic nitrogens is 2. The smallest absolute Gasteiger partial charge is 0.313 e. The van der Waals surface area contributed by atoms with E-state index in [4.69, 9.17) is 0 Å². The van der Waals surface area contributed by atoms with Crippen LogP contribution in [-0.4, -0.2) is 36.5 Å². The van der Waals surface area contributed by atoms with Crippen molar-refractivity contribution >= 4 is 10.0 Å². The summed E-state index contributed by atoms with van der Waals surface area (Å²) in [5.74, 6) is 0. The zero-order valence-corrected chi connectivity index (χ0v) is 11.5. The van der Waals surface area contributed by atoms with Gasteiger partial charge in [0.1, 0.15) is 0 Å². The first-order valence-electron chi connectivity index (χ1n) is 6.54. The lowest BCUT2D eigenvalue weighted by atomic mass is 10.0. The molecule has 110 valence electrons. The highest BCUT2D eigenvalue weighted by Crippen LogP contribution is 2.27. The van der Waals surface area contributed by atoms with Crippen LogP contribution in [0.15, 0.2) is 20.7 Å². The molecule has 0 spiro atoms. The number of aromatic amines is 2. The highest BCUT2D eigenvalue weighted by Gasteiger charge is 2.35. The van der Waals surface area contributed by atoms with Crippen molar-refractivity contribution in [2.24, 2.45) is 0 Å². The van der Waals surface area contributed by atoms with Gasteiger partial charge in [0, 0.05) is 24.3 Å². The Morgan fingerprint density at radius 3 is 2.40 bits per heavy atom. The molecule has 1 aromatic rings. The molecule has 3 heterocycles. The number of rotatable bonds is 3. The van der Waals surface area contributed by atoms with Crippen LogP contribution in [0.3, 0.4) is 0 Å². The third-order valence-electron chi connectivity index (χ3n) is 3.87. The molecule has 0 aromatic carbocycles. The van der Waals surface area contributed by atoms with E-state index in [0.717, 1.165) is 31.9 Å². The van der Waals surface area contributed by atoms with E-state index in [-0.39, 0.29) is 6.04 Å². The molecule has 20 heavy (non-hydrogen) atoms. The van der Waals surface area contributed by atoms with Crippen LogP contribution < -0.4 is 21.3 Å². The molecule has 0 amide bonds. The van der Waals surface area contributed by atoms with Crippen molar-refractivity contribution in [1.29, 1.82) is 0 Å². The van der Waals surface area contributed by atoms with Crippen LogP contribution in [0.2, 0.25) is 0 Å². The van der Waals surface area contributed by atoms with Crippen LogP contribution in [0.1, 0.15) is 25.7 Å². The SMILES string of the molecule is O=c1[nH]cc(S(=O)(=O)NC2CC3CCC(C2)N3)c(=O)[nH]1. The maximum atomic E-state index is 12.2. The maximum Gasteiger partial charge on any atom is 0.325 e. The zero-order valence-electron chi connectivity index (χ0n) is 10.7. The Balaban J connectivity index is 1.82. The number of H-pyrrole nitrogens is 2. The summed E-state index contributed by atoms with van der Waals surface area (Å²) in [5, 5.41) is 3.41. The van der Waals surface area contributed by atoms with E-state index in [1.54, 1.807) is 0 Å². The van der Waals surface area contributed by atoms with Gasteiger partial charge in [-0.3, -0.25) is 9.78 Å². The van der Waals surface area contributed by atoms with E-state index in [2.05, 4.69) is 15.0 Å². The van der Waals surface area contributed by atoms with E-state index in [0.29, 0.717) is 12.1 Å². The van der Waals surface area contributed by atoms with E-state index in [1.165, 1.54) is 0 Å². The molecule has 9 heteroatoms. The van der Waals surface area contributed by atoms with Gasteiger partial charge in [-0.2, -0.15) is 0 Å². The lowest BCUT2D eigenvalue weighted by molar-refractivity contribution is 0.345. The summed E-state index contributed by atoms with van der Waals surface area (Å²) in [5.41, 5.74) is -1.63. The fourth-order valence-corrected chi connectivity index (χ4v) is 4.30. The minimum Gasteiger partial charge on any atom is -0.313 e. The molecular weight excluding hydrogens is 284 g/mol. The van der Waals surface area contributed by atoms with Gasteiger partial charge in [0.05, 0.1) is 0 Å². The van der Waals surface area contributed by atoms with Gasteiger partial charge in [-0.15, -0.1) is 0 Å². The van der Waals surface area contributed by atoms with Crippen molar-refractivity contribution in [2.75, 3.05) is 0 Å². The van der Waals surface area contributed by atoms with Crippen molar-refractivity contribution in [3.63, 3.8) is 0 Å². The number of piperidine rings is 1. The van der Waals surface area contributed by atoms with Crippen LogP contribution >= 0.6 is 0 Å². The summed E-state index contributed by atoms with van der Waals surface area (Å²) in [6.07, 6.45) is 4.48. The van der Waals surface area contributed by atoms with Crippen molar-refractivity contribution in [3.05, 3.63) is 27.0 Å². The molecule has 1 aromatic heterocycles. The van der Waals surface area contributed by atoms with E-state index in [9.17, 15) is 18.0 Å². The largest absolute Gasteiger partial charge is 0.325 e. The van der Waals surface area contributed by atoms with Gasteiger partial charge in [-0.25, -0.2) is 17.9 Å². The quantitative estimate of drug-likeness (QED) is 0.548. The highest BCUT2D eigenvalue weighted by molar-refractivity contribution is 7.89. The predicted molar refractivity (Wildman–Crippen MR) is 71.0 cm³/mol. The first kappa shape index (κ1) is 13.5. The molecule has 0 saturated carbocycles. The Kier molecular flexibility index (Phi) is 3.27. The number of hydrogen-bond donors (Lipinski definition) is 4. The molecule has 2 saturated heterocycles. The van der Waals surface area contributed by atoms with Crippen molar-refractivity contribution in [3.8, 4) is 0 Å². The molecule has 4 N–H and O–H groups in total. The molecule has 2 aliphatic rings. The van der Waals surface area contributed by atoms with E-state index < -0.39 is 26.2 Å². The third kappa shape index (κ3) is 2.56. The average molecular weight is 300 g/mol. The lowest BCUT2D eigenvalue weighted by Gasteiger charge is -2.29. The number of hydrogen-bond acceptors (Lipinski definition) is 5. The summed E-state index contributed by atoms with van der Waals surface area (Å²) in [6, 6.07) is 0.510. The average Bonchev–Trinajstić information content (AvgIpc) is 2.67. The Labute approximate surface area is 115 Å². The topological polar surface area (TPSA) is 124 Å². The van der Waals surface area contributed by atoms with Crippen molar-refractivity contribution < 1.29 is 8.42 Å². The summed E-state index contributed by atoms with van der Waals surface area (Å²) in [4.78, 5) is 26.1. The molecule has 2 fully saturated rings. The standard InChI is InChI=1S/C11H16N4O4S/c16-10-9(5-12-11(17)14-10)20(18,19)15-8-3-6-1-2-7(4-8)13-6/h5-8,13,15H,1-4H2,(H2,12,14,16,17). The van der Waals surface area contributed by atoms with Crippen molar-refractivity contribution in [1.82, 2.24) is 20.0 Å². The van der Waals surface area contributed by atoms with Crippen LogP contribution in [0.25, 0.3) is 0 Å². The summed E-state index contributed by atoms with van der Waals surface area (Å²) < 4.78 is 26.9. The van der Waals surface area contributed by atoms with Crippen LogP contribution in [0, 0.1) is 0 Å². The number of sulfonamides is 1. The van der Waals surface area contributed by atoms with Gasteiger partial charge in [0.25, 0.3) is 5.56 Å². The molecule has 0 aliphatic carbocycles. The van der Waals surface area contributed by atoms with Gasteiger partial charge >= 0.3 is 5.69 Å². The van der Waals surface area contributed by atoms with Gasteiger partial charge < -0.3 is 10.3 Å². The number of nitrogens with one attached hydrogen (secondary N) is 4. The monoisotopic (exact) mass is 300 g/mol. The molecule has 2 unspecified atom stereocenters. The third-order valence-corrected chi connectivity index (χ3v) is 5.40. The summed E-state index contributed by atoms with van der Waals surface area (Å²) in [6.45, 7) is 0. The molecule has 8 nitrogen and oxygen atoms in total. The van der Waals surface area contributed by atoms with Crippen molar-refractivity contribution in [2.45, 2.75) is 48.7 Å². The second-order valence-corrected chi connectivity index (χ2v) is 7.05. The summed E-state index contributed by atoms with van der Waals surface area (Å²) in [7, 11) is -3.92. The van der Waals surface area contributed by atoms with Crippen LogP contribution in [0.4, 0.5) is 0 Å². The predicted octanol–water partition coefficient (Wildman–Crippen LogP) is -1.38. The highest BCUT2D eigenvalue weighted by atomic mass is 32.2. The molecule has 2 aliphatic heterocycles. The van der Waals surface area contributed by atoms with E-state index >= 15 is 0 Å². The Morgan fingerprint density at radius 2 is 1.80 bits per heavy atom. The van der Waals surface area contributed by atoms with Gasteiger partial charge in [-0.1, -0.05) is 0 Å². The molecule has 2 bridgehead atoms. The fourth-order valence-electron chi connectivity index (χ4n) is 3.03. The first-order chi connectivity index (χ1) is 9.44. The number of fused-ring (bicyclic) bond motifs is 2. The van der Waals surface area contributed by atoms with E-state index in [1.807, 2.05) is 4.98 Å². The Morgan fingerprint density at radius 1 is 1.15 bits per heavy atom. The minimum atomic E-state index is -3.92. The molecule has 2 atom stereocenters. The second-order valence-electron chi connectivity index (χ2n) is 5.36. The molecular formula is C11H16N4O4S. The normalized spacial score (nSPS) is 29.5. The lowest BCUT2D eigenvalue weighted by Crippen LogP contribution is -2.48. The fraction of sp³-hybridized carbons (Fsp3) is 0.636. The molecule has 0 radical (unpaired) electrons.